The number of para-hydroxylation sites is 2. The molecule has 2 rings (SSSR count). The molecule has 0 amide bonds. The van der Waals surface area contributed by atoms with Crippen molar-refractivity contribution in [1.82, 2.24) is 20.2 Å². The predicted molar refractivity (Wildman–Crippen MR) is 76.4 cm³/mol. The van der Waals surface area contributed by atoms with E-state index in [0.29, 0.717) is 6.04 Å². The van der Waals surface area contributed by atoms with Gasteiger partial charge in [-0.05, 0) is 35.9 Å². The lowest BCUT2D eigenvalue weighted by Gasteiger charge is -2.17. The van der Waals surface area contributed by atoms with Crippen LogP contribution in [-0.2, 0) is 0 Å². The third-order valence-corrected chi connectivity index (χ3v) is 3.14. The minimum atomic E-state index is 0.448. The SMILES string of the molecule is CCCCCC(C)Nc1ccccc1-n1cnnn1. The van der Waals surface area contributed by atoms with Crippen molar-refractivity contribution in [2.45, 2.75) is 45.6 Å². The van der Waals surface area contributed by atoms with Crippen LogP contribution in [0.3, 0.4) is 0 Å². The highest BCUT2D eigenvalue weighted by Crippen LogP contribution is 2.20. The first kappa shape index (κ1) is 13.5. The molecule has 1 aromatic heterocycles. The molecule has 0 aliphatic carbocycles. The maximum Gasteiger partial charge on any atom is 0.143 e. The number of hydrogen-bond donors (Lipinski definition) is 1. The first-order chi connectivity index (χ1) is 9.31. The normalized spacial score (nSPS) is 12.3. The molecule has 19 heavy (non-hydrogen) atoms. The average molecular weight is 259 g/mol. The molecule has 1 unspecified atom stereocenters. The van der Waals surface area contributed by atoms with Crippen LogP contribution >= 0.6 is 0 Å². The molecule has 1 aromatic carbocycles. The number of hydrogen-bond acceptors (Lipinski definition) is 4. The van der Waals surface area contributed by atoms with Crippen LogP contribution < -0.4 is 5.32 Å². The summed E-state index contributed by atoms with van der Waals surface area (Å²) in [7, 11) is 0. The predicted octanol–water partition coefficient (Wildman–Crippen LogP) is 3.04. The highest BCUT2D eigenvalue weighted by Gasteiger charge is 2.08. The molecule has 0 bridgehead atoms. The van der Waals surface area contributed by atoms with Crippen molar-refractivity contribution in [3.8, 4) is 5.69 Å². The van der Waals surface area contributed by atoms with Gasteiger partial charge in [0.1, 0.15) is 6.33 Å². The highest BCUT2D eigenvalue weighted by molar-refractivity contribution is 5.60. The topological polar surface area (TPSA) is 55.6 Å². The van der Waals surface area contributed by atoms with E-state index in [9.17, 15) is 0 Å². The van der Waals surface area contributed by atoms with E-state index >= 15 is 0 Å². The highest BCUT2D eigenvalue weighted by atomic mass is 15.5. The lowest BCUT2D eigenvalue weighted by Crippen LogP contribution is -2.16. The standard InChI is InChI=1S/C14H21N5/c1-3-4-5-8-12(2)16-13-9-6-7-10-14(13)19-11-15-17-18-19/h6-7,9-12,16H,3-5,8H2,1-2H3. The van der Waals surface area contributed by atoms with Crippen LogP contribution in [-0.4, -0.2) is 26.2 Å². The van der Waals surface area contributed by atoms with Crippen LogP contribution in [0.2, 0.25) is 0 Å². The molecule has 0 saturated carbocycles. The second-order valence-electron chi connectivity index (χ2n) is 4.81. The number of tetrazole rings is 1. The van der Waals surface area contributed by atoms with Crippen LogP contribution in [0.4, 0.5) is 5.69 Å². The zero-order chi connectivity index (χ0) is 13.5. The zero-order valence-electron chi connectivity index (χ0n) is 11.6. The van der Waals surface area contributed by atoms with Crippen molar-refractivity contribution < 1.29 is 0 Å². The number of unbranched alkanes of at least 4 members (excludes halogenated alkanes) is 2. The van der Waals surface area contributed by atoms with Gasteiger partial charge < -0.3 is 5.32 Å². The Balaban J connectivity index is 2.04. The summed E-state index contributed by atoms with van der Waals surface area (Å²) in [6, 6.07) is 8.54. The van der Waals surface area contributed by atoms with Gasteiger partial charge in [-0.1, -0.05) is 38.3 Å². The average Bonchev–Trinajstić information content (AvgIpc) is 2.93. The number of anilines is 1. The Morgan fingerprint density at radius 1 is 1.26 bits per heavy atom. The molecule has 0 fully saturated rings. The Morgan fingerprint density at radius 2 is 2.11 bits per heavy atom. The van der Waals surface area contributed by atoms with Gasteiger partial charge in [0.05, 0.1) is 11.4 Å². The maximum absolute atomic E-state index is 3.95. The molecule has 5 heteroatoms. The van der Waals surface area contributed by atoms with Crippen molar-refractivity contribution in [3.05, 3.63) is 30.6 Å². The molecule has 1 atom stereocenters. The minimum Gasteiger partial charge on any atom is -0.381 e. The van der Waals surface area contributed by atoms with Crippen LogP contribution in [0.15, 0.2) is 30.6 Å². The first-order valence-electron chi connectivity index (χ1n) is 6.90. The Bertz CT molecular complexity index is 480. The second-order valence-corrected chi connectivity index (χ2v) is 4.81. The molecule has 0 aliphatic rings. The largest absolute Gasteiger partial charge is 0.381 e. The van der Waals surface area contributed by atoms with E-state index in [1.807, 2.05) is 18.2 Å². The van der Waals surface area contributed by atoms with E-state index in [2.05, 4.69) is 40.8 Å². The second kappa shape index (κ2) is 6.87. The van der Waals surface area contributed by atoms with E-state index in [0.717, 1.165) is 11.4 Å². The molecular weight excluding hydrogens is 238 g/mol. The Hall–Kier alpha value is -1.91. The molecule has 102 valence electrons. The van der Waals surface area contributed by atoms with Crippen molar-refractivity contribution in [2.75, 3.05) is 5.32 Å². The van der Waals surface area contributed by atoms with Crippen molar-refractivity contribution >= 4 is 5.69 Å². The van der Waals surface area contributed by atoms with Gasteiger partial charge in [-0.15, -0.1) is 5.10 Å². The third-order valence-electron chi connectivity index (χ3n) is 3.14. The van der Waals surface area contributed by atoms with Gasteiger partial charge >= 0.3 is 0 Å². The quantitative estimate of drug-likeness (QED) is 0.776. The smallest absolute Gasteiger partial charge is 0.143 e. The third kappa shape index (κ3) is 3.77. The van der Waals surface area contributed by atoms with E-state index in [-0.39, 0.29) is 0 Å². The fourth-order valence-corrected chi connectivity index (χ4v) is 2.11. The van der Waals surface area contributed by atoms with Crippen LogP contribution in [0.5, 0.6) is 0 Å². The number of nitrogens with one attached hydrogen (secondary N) is 1. The van der Waals surface area contributed by atoms with E-state index in [1.54, 1.807) is 11.0 Å². The molecule has 5 nitrogen and oxygen atoms in total. The van der Waals surface area contributed by atoms with E-state index in [4.69, 9.17) is 0 Å². The van der Waals surface area contributed by atoms with Crippen molar-refractivity contribution in [3.63, 3.8) is 0 Å². The van der Waals surface area contributed by atoms with Gasteiger partial charge in [0.25, 0.3) is 0 Å². The summed E-state index contributed by atoms with van der Waals surface area (Å²) in [5, 5.41) is 14.9. The molecule has 0 radical (unpaired) electrons. The first-order valence-corrected chi connectivity index (χ1v) is 6.90. The number of nitrogens with zero attached hydrogens (tertiary/aromatic N) is 4. The summed E-state index contributed by atoms with van der Waals surface area (Å²) in [5.74, 6) is 0. The Kier molecular flexibility index (Phi) is 4.89. The summed E-state index contributed by atoms with van der Waals surface area (Å²) in [6.07, 6.45) is 6.60. The molecule has 0 spiro atoms. The van der Waals surface area contributed by atoms with E-state index < -0.39 is 0 Å². The van der Waals surface area contributed by atoms with Gasteiger partial charge in [0.2, 0.25) is 0 Å². The Morgan fingerprint density at radius 3 is 2.84 bits per heavy atom. The number of rotatable bonds is 7. The molecule has 0 aliphatic heterocycles. The van der Waals surface area contributed by atoms with Crippen molar-refractivity contribution in [2.24, 2.45) is 0 Å². The molecule has 1 heterocycles. The summed E-state index contributed by atoms with van der Waals surface area (Å²) in [6.45, 7) is 4.44. The lowest BCUT2D eigenvalue weighted by atomic mass is 10.1. The fraction of sp³-hybridized carbons (Fsp3) is 0.500. The molecule has 2 aromatic rings. The van der Waals surface area contributed by atoms with Gasteiger partial charge in [0, 0.05) is 6.04 Å². The lowest BCUT2D eigenvalue weighted by molar-refractivity contribution is 0.614. The molecule has 1 N–H and O–H groups in total. The Labute approximate surface area is 114 Å². The van der Waals surface area contributed by atoms with Gasteiger partial charge in [0.15, 0.2) is 0 Å². The molecular formula is C14H21N5. The zero-order valence-corrected chi connectivity index (χ0v) is 11.6. The van der Waals surface area contributed by atoms with Crippen LogP contribution in [0, 0.1) is 0 Å². The summed E-state index contributed by atoms with van der Waals surface area (Å²) in [5.41, 5.74) is 2.05. The van der Waals surface area contributed by atoms with Crippen LogP contribution in [0.1, 0.15) is 39.5 Å². The fourth-order valence-electron chi connectivity index (χ4n) is 2.11. The van der Waals surface area contributed by atoms with E-state index in [1.165, 1.54) is 25.7 Å². The van der Waals surface area contributed by atoms with Crippen LogP contribution in [0.25, 0.3) is 5.69 Å². The number of aromatic nitrogens is 4. The maximum atomic E-state index is 3.95. The summed E-state index contributed by atoms with van der Waals surface area (Å²) in [4.78, 5) is 0. The van der Waals surface area contributed by atoms with Gasteiger partial charge in [-0.3, -0.25) is 0 Å². The monoisotopic (exact) mass is 259 g/mol. The summed E-state index contributed by atoms with van der Waals surface area (Å²) >= 11 is 0. The minimum absolute atomic E-state index is 0.448. The van der Waals surface area contributed by atoms with Crippen molar-refractivity contribution in [1.29, 1.82) is 0 Å². The number of benzene rings is 1. The van der Waals surface area contributed by atoms with Gasteiger partial charge in [-0.25, -0.2) is 0 Å². The van der Waals surface area contributed by atoms with Gasteiger partial charge in [-0.2, -0.15) is 4.68 Å². The summed E-state index contributed by atoms with van der Waals surface area (Å²) < 4.78 is 1.68. The molecule has 0 saturated heterocycles.